The van der Waals surface area contributed by atoms with Crippen molar-refractivity contribution < 1.29 is 14.3 Å². The van der Waals surface area contributed by atoms with Crippen LogP contribution in [-0.4, -0.2) is 18.9 Å². The van der Waals surface area contributed by atoms with Gasteiger partial charge in [0.15, 0.2) is 11.5 Å². The van der Waals surface area contributed by atoms with Gasteiger partial charge in [0, 0.05) is 17.8 Å². The molecule has 0 fully saturated rings. The average molecular weight is 545 g/mol. The van der Waals surface area contributed by atoms with Crippen molar-refractivity contribution in [1.29, 1.82) is 5.41 Å². The number of ether oxygens (including phenoxy) is 2. The number of hydrogen-bond acceptors (Lipinski definition) is 5. The molecule has 0 radical (unpaired) electrons. The van der Waals surface area contributed by atoms with Gasteiger partial charge in [-0.1, -0.05) is 78.9 Å². The predicted molar refractivity (Wildman–Crippen MR) is 163 cm³/mol. The second-order valence-electron chi connectivity index (χ2n) is 9.61. The monoisotopic (exact) mass is 544 g/mol. The topological polar surface area (TPSA) is 109 Å². The number of carbonyl (C=O) groups excluding carboxylic acids is 1. The van der Waals surface area contributed by atoms with Gasteiger partial charge < -0.3 is 25.8 Å². The van der Waals surface area contributed by atoms with Crippen LogP contribution in [0, 0.1) is 5.41 Å². The Morgan fingerprint density at radius 1 is 0.854 bits per heavy atom. The number of rotatable bonds is 11. The van der Waals surface area contributed by atoms with Crippen LogP contribution in [0.25, 0.3) is 10.8 Å². The molecule has 5 rings (SSSR count). The second-order valence-corrected chi connectivity index (χ2v) is 9.61. The third-order valence-electron chi connectivity index (χ3n) is 6.86. The van der Waals surface area contributed by atoms with Gasteiger partial charge in [-0.05, 0) is 63.9 Å². The predicted octanol–water partition coefficient (Wildman–Crippen LogP) is 6.18. The summed E-state index contributed by atoms with van der Waals surface area (Å²) in [5.74, 6) is 0.894. The molecule has 0 aliphatic heterocycles. The number of nitrogens with two attached hydrogens (primary N) is 1. The van der Waals surface area contributed by atoms with Crippen molar-refractivity contribution in [2.45, 2.75) is 19.2 Å². The lowest BCUT2D eigenvalue weighted by Gasteiger charge is -2.22. The number of anilines is 1. The van der Waals surface area contributed by atoms with Crippen LogP contribution in [0.1, 0.15) is 28.3 Å². The Bertz CT molecular complexity index is 1650. The molecule has 0 bridgehead atoms. The SMILES string of the molecule is COc1cc([C@@H](Nc2ccc(C(=N)N)cc2)C(=O)NCc2cccc3ccccc23)ccc1OCc1ccccc1. The molecule has 7 heteroatoms. The number of nitrogen functional groups attached to an aromatic ring is 1. The number of fused-ring (bicyclic) bond motifs is 1. The maximum Gasteiger partial charge on any atom is 0.247 e. The molecule has 7 nitrogen and oxygen atoms in total. The first-order chi connectivity index (χ1) is 20.0. The molecular weight excluding hydrogens is 512 g/mol. The van der Waals surface area contributed by atoms with Crippen LogP contribution in [0.4, 0.5) is 5.69 Å². The lowest BCUT2D eigenvalue weighted by molar-refractivity contribution is -0.122. The molecule has 0 saturated carbocycles. The van der Waals surface area contributed by atoms with E-state index < -0.39 is 6.04 Å². The van der Waals surface area contributed by atoms with Crippen molar-refractivity contribution in [3.63, 3.8) is 0 Å². The number of nitrogens with one attached hydrogen (secondary N) is 3. The van der Waals surface area contributed by atoms with E-state index in [9.17, 15) is 4.79 Å². The molecule has 0 unspecified atom stereocenters. The molecule has 0 aliphatic rings. The highest BCUT2D eigenvalue weighted by Crippen LogP contribution is 2.32. The summed E-state index contributed by atoms with van der Waals surface area (Å²) in [6.07, 6.45) is 0. The number of methoxy groups -OCH3 is 1. The minimum absolute atomic E-state index is 0.0169. The van der Waals surface area contributed by atoms with E-state index in [0.29, 0.717) is 41.5 Å². The quantitative estimate of drug-likeness (QED) is 0.117. The van der Waals surface area contributed by atoms with Gasteiger partial charge in [0.1, 0.15) is 18.5 Å². The van der Waals surface area contributed by atoms with Crippen LogP contribution < -0.4 is 25.8 Å². The molecule has 206 valence electrons. The molecule has 41 heavy (non-hydrogen) atoms. The number of hydrogen-bond donors (Lipinski definition) is 4. The van der Waals surface area contributed by atoms with Crippen LogP contribution in [0.2, 0.25) is 0 Å². The van der Waals surface area contributed by atoms with E-state index in [4.69, 9.17) is 20.6 Å². The summed E-state index contributed by atoms with van der Waals surface area (Å²) in [4.78, 5) is 13.7. The molecular formula is C34H32N4O3. The fraction of sp³-hybridized carbons (Fsp3) is 0.118. The summed E-state index contributed by atoms with van der Waals surface area (Å²) < 4.78 is 11.7. The van der Waals surface area contributed by atoms with Gasteiger partial charge in [-0.3, -0.25) is 10.2 Å². The smallest absolute Gasteiger partial charge is 0.247 e. The average Bonchev–Trinajstić information content (AvgIpc) is 3.02. The van der Waals surface area contributed by atoms with Crippen LogP contribution in [0.5, 0.6) is 11.5 Å². The summed E-state index contributed by atoms with van der Waals surface area (Å²) in [6.45, 7) is 0.767. The second kappa shape index (κ2) is 12.7. The van der Waals surface area contributed by atoms with E-state index in [1.54, 1.807) is 31.4 Å². The van der Waals surface area contributed by atoms with E-state index in [-0.39, 0.29) is 11.7 Å². The van der Waals surface area contributed by atoms with E-state index in [1.165, 1.54) is 0 Å². The van der Waals surface area contributed by atoms with Gasteiger partial charge in [0.25, 0.3) is 0 Å². The first-order valence-corrected chi connectivity index (χ1v) is 13.3. The summed E-state index contributed by atoms with van der Waals surface area (Å²) in [5.41, 5.74) is 9.72. The molecule has 0 heterocycles. The number of amidine groups is 1. The minimum atomic E-state index is -0.731. The highest BCUT2D eigenvalue weighted by molar-refractivity contribution is 5.95. The van der Waals surface area contributed by atoms with Crippen LogP contribution in [-0.2, 0) is 17.9 Å². The summed E-state index contributed by atoms with van der Waals surface area (Å²) in [6, 6.07) is 36.0. The number of benzene rings is 5. The molecule has 0 saturated heterocycles. The van der Waals surface area contributed by atoms with Gasteiger partial charge in [0.05, 0.1) is 7.11 Å². The zero-order valence-electron chi connectivity index (χ0n) is 22.8. The number of carbonyl (C=O) groups is 1. The van der Waals surface area contributed by atoms with Gasteiger partial charge >= 0.3 is 0 Å². The Labute approximate surface area is 239 Å². The highest BCUT2D eigenvalue weighted by Gasteiger charge is 2.23. The van der Waals surface area contributed by atoms with Crippen molar-refractivity contribution >= 4 is 28.2 Å². The van der Waals surface area contributed by atoms with E-state index in [0.717, 1.165) is 21.9 Å². The van der Waals surface area contributed by atoms with Crippen molar-refractivity contribution in [2.75, 3.05) is 12.4 Å². The normalized spacial score (nSPS) is 11.4. The summed E-state index contributed by atoms with van der Waals surface area (Å²) >= 11 is 0. The van der Waals surface area contributed by atoms with Gasteiger partial charge in [-0.15, -0.1) is 0 Å². The first kappa shape index (κ1) is 27.3. The fourth-order valence-electron chi connectivity index (χ4n) is 4.66. The van der Waals surface area contributed by atoms with Crippen molar-refractivity contribution in [1.82, 2.24) is 5.32 Å². The molecule has 5 aromatic rings. The molecule has 0 spiro atoms. The Balaban J connectivity index is 1.40. The maximum atomic E-state index is 13.7. The zero-order valence-corrected chi connectivity index (χ0v) is 22.8. The van der Waals surface area contributed by atoms with Crippen LogP contribution in [0.15, 0.2) is 115 Å². The Morgan fingerprint density at radius 3 is 2.34 bits per heavy atom. The third-order valence-corrected chi connectivity index (χ3v) is 6.86. The third kappa shape index (κ3) is 6.65. The van der Waals surface area contributed by atoms with Crippen LogP contribution >= 0.6 is 0 Å². The molecule has 0 aromatic heterocycles. The minimum Gasteiger partial charge on any atom is -0.493 e. The Morgan fingerprint density at radius 2 is 1.59 bits per heavy atom. The molecule has 1 atom stereocenters. The van der Waals surface area contributed by atoms with Gasteiger partial charge in [0.2, 0.25) is 5.91 Å². The van der Waals surface area contributed by atoms with Gasteiger partial charge in [-0.2, -0.15) is 0 Å². The zero-order chi connectivity index (χ0) is 28.6. The van der Waals surface area contributed by atoms with E-state index >= 15 is 0 Å². The molecule has 0 aliphatic carbocycles. The number of amides is 1. The van der Waals surface area contributed by atoms with E-state index in [1.807, 2.05) is 72.8 Å². The van der Waals surface area contributed by atoms with Gasteiger partial charge in [-0.25, -0.2) is 0 Å². The molecule has 5 aromatic carbocycles. The Hall–Kier alpha value is -5.30. The van der Waals surface area contributed by atoms with Crippen LogP contribution in [0.3, 0.4) is 0 Å². The summed E-state index contributed by atoms with van der Waals surface area (Å²) in [7, 11) is 1.58. The van der Waals surface area contributed by atoms with Crippen molar-refractivity contribution in [3.8, 4) is 11.5 Å². The maximum absolute atomic E-state index is 13.7. The lowest BCUT2D eigenvalue weighted by Crippen LogP contribution is -2.33. The first-order valence-electron chi connectivity index (χ1n) is 13.3. The fourth-order valence-corrected chi connectivity index (χ4v) is 4.66. The van der Waals surface area contributed by atoms with E-state index in [2.05, 4.69) is 28.8 Å². The largest absolute Gasteiger partial charge is 0.493 e. The molecule has 1 amide bonds. The Kier molecular flexibility index (Phi) is 8.45. The highest BCUT2D eigenvalue weighted by atomic mass is 16.5. The standard InChI is InChI=1S/C34H32N4O3/c1-40-31-20-26(16-19-30(31)41-22-23-8-3-2-4-9-23)32(38-28-17-14-25(15-18-28)33(35)36)34(39)37-21-27-12-7-11-24-10-5-6-13-29(24)27/h2-20,32,38H,21-22H2,1H3,(H3,35,36)(H,37,39)/t32-/m1/s1. The van der Waals surface area contributed by atoms with Crippen molar-refractivity contribution in [3.05, 3.63) is 138 Å². The molecule has 5 N–H and O–H groups in total. The van der Waals surface area contributed by atoms with Crippen molar-refractivity contribution in [2.24, 2.45) is 5.73 Å². The lowest BCUT2D eigenvalue weighted by atomic mass is 10.0. The summed E-state index contributed by atoms with van der Waals surface area (Å²) in [5, 5.41) is 16.3.